The van der Waals surface area contributed by atoms with E-state index in [1.54, 1.807) is 0 Å². The number of rotatable bonds is 4. The van der Waals surface area contributed by atoms with Crippen LogP contribution in [0.1, 0.15) is 23.1 Å². The summed E-state index contributed by atoms with van der Waals surface area (Å²) in [6, 6.07) is 4.49. The number of hydrogen-bond donors (Lipinski definition) is 1. The summed E-state index contributed by atoms with van der Waals surface area (Å²) in [5, 5.41) is 1.43. The highest BCUT2D eigenvalue weighted by Gasteiger charge is 2.60. The Hall–Kier alpha value is -3.06. The first-order valence-electron chi connectivity index (χ1n) is 10.8. The molecule has 0 aromatic heterocycles. The fraction of sp³-hybridized carbons (Fsp3) is 0.391. The van der Waals surface area contributed by atoms with E-state index < -0.39 is 82.7 Å². The van der Waals surface area contributed by atoms with Crippen LogP contribution in [-0.2, 0) is 21.3 Å². The molecule has 1 N–H and O–H groups in total. The molecule has 0 radical (unpaired) electrons. The monoisotopic (exact) mass is 553 g/mol. The van der Waals surface area contributed by atoms with Crippen molar-refractivity contribution < 1.29 is 45.1 Å². The quantitative estimate of drug-likeness (QED) is 0.544. The average Bonchev–Trinajstić information content (AvgIpc) is 3.28. The Morgan fingerprint density at radius 1 is 1.14 bits per heavy atom. The first-order valence-corrected chi connectivity index (χ1v) is 11.1. The van der Waals surface area contributed by atoms with Crippen LogP contribution in [0.15, 0.2) is 36.4 Å². The average molecular weight is 554 g/mol. The van der Waals surface area contributed by atoms with E-state index in [9.17, 15) is 40.3 Å². The topological polar surface area (TPSA) is 61.9 Å². The van der Waals surface area contributed by atoms with Gasteiger partial charge in [-0.2, -0.15) is 13.2 Å². The summed E-state index contributed by atoms with van der Waals surface area (Å²) in [5.41, 5.74) is -4.82. The smallest absolute Gasteiger partial charge is 0.405 e. The van der Waals surface area contributed by atoms with Crippen LogP contribution in [0.4, 0.5) is 36.4 Å². The van der Waals surface area contributed by atoms with Gasteiger partial charge < -0.3 is 15.0 Å². The van der Waals surface area contributed by atoms with E-state index in [0.29, 0.717) is 6.07 Å². The van der Waals surface area contributed by atoms with Crippen LogP contribution in [-0.4, -0.2) is 60.8 Å². The number of fused-ring (bicyclic) bond motifs is 1. The van der Waals surface area contributed by atoms with Gasteiger partial charge in [0, 0.05) is 43.9 Å². The Kier molecular flexibility index (Phi) is 6.60. The summed E-state index contributed by atoms with van der Waals surface area (Å²) in [6.45, 7) is -0.587. The zero-order valence-corrected chi connectivity index (χ0v) is 19.9. The number of alkyl halides is 7. The molecule has 0 aliphatic carbocycles. The Bertz CT molecular complexity index is 1250. The SMILES string of the molecule is CN(C)C(=O)[C@@H]1C[C@@H](F)CN1C1(c2ccccc2OC(F)(F)F)C(=O)Nc2cc(C(F)(F)F)c(Cl)cc21. The molecule has 37 heavy (non-hydrogen) atoms. The van der Waals surface area contributed by atoms with Crippen molar-refractivity contribution in [2.45, 2.75) is 36.7 Å². The number of likely N-dealkylation sites (N-methyl/N-ethyl adjacent to an activating group) is 1. The summed E-state index contributed by atoms with van der Waals surface area (Å²) >= 11 is 5.95. The van der Waals surface area contributed by atoms with Gasteiger partial charge in [-0.05, 0) is 18.2 Å². The predicted octanol–water partition coefficient (Wildman–Crippen LogP) is 4.95. The molecule has 3 atom stereocenters. The molecule has 1 fully saturated rings. The zero-order chi connectivity index (χ0) is 27.5. The number of hydrogen-bond acceptors (Lipinski definition) is 4. The summed E-state index contributed by atoms with van der Waals surface area (Å²) < 4.78 is 99.6. The van der Waals surface area contributed by atoms with Gasteiger partial charge in [-0.1, -0.05) is 29.8 Å². The summed E-state index contributed by atoms with van der Waals surface area (Å²) in [4.78, 5) is 28.9. The van der Waals surface area contributed by atoms with Gasteiger partial charge >= 0.3 is 12.5 Å². The molecular formula is C23H19ClF7N3O3. The molecule has 2 aromatic rings. The van der Waals surface area contributed by atoms with E-state index in [2.05, 4.69) is 10.1 Å². The molecule has 6 nitrogen and oxygen atoms in total. The molecule has 1 unspecified atom stereocenters. The maximum Gasteiger partial charge on any atom is 0.573 e. The molecule has 2 aliphatic heterocycles. The van der Waals surface area contributed by atoms with Crippen molar-refractivity contribution in [3.63, 3.8) is 0 Å². The second kappa shape index (κ2) is 9.05. The molecule has 2 amide bonds. The van der Waals surface area contributed by atoms with Gasteiger partial charge in [0.2, 0.25) is 5.91 Å². The number of carbonyl (C=O) groups excluding carboxylic acids is 2. The van der Waals surface area contributed by atoms with E-state index in [0.717, 1.165) is 28.0 Å². The summed E-state index contributed by atoms with van der Waals surface area (Å²) in [5.74, 6) is -2.61. The molecule has 2 aromatic carbocycles. The molecule has 2 aliphatic rings. The molecule has 0 saturated carbocycles. The van der Waals surface area contributed by atoms with Gasteiger partial charge in [0.25, 0.3) is 5.91 Å². The van der Waals surface area contributed by atoms with Gasteiger partial charge in [0.15, 0.2) is 5.54 Å². The van der Waals surface area contributed by atoms with Gasteiger partial charge in [-0.15, -0.1) is 13.2 Å². The third-order valence-corrected chi connectivity index (χ3v) is 6.60. The largest absolute Gasteiger partial charge is 0.573 e. The van der Waals surface area contributed by atoms with Crippen molar-refractivity contribution in [1.82, 2.24) is 9.80 Å². The Morgan fingerprint density at radius 3 is 2.38 bits per heavy atom. The molecule has 2 heterocycles. The van der Waals surface area contributed by atoms with Crippen LogP contribution in [0, 0.1) is 0 Å². The lowest BCUT2D eigenvalue weighted by atomic mass is 9.80. The predicted molar refractivity (Wildman–Crippen MR) is 118 cm³/mol. The Balaban J connectivity index is 2.06. The van der Waals surface area contributed by atoms with E-state index in [1.165, 1.54) is 26.2 Å². The maximum atomic E-state index is 14.8. The van der Waals surface area contributed by atoms with Crippen molar-refractivity contribution in [1.29, 1.82) is 0 Å². The van der Waals surface area contributed by atoms with Gasteiger partial charge in [-0.25, -0.2) is 4.39 Å². The van der Waals surface area contributed by atoms with Crippen molar-refractivity contribution in [3.05, 3.63) is 58.1 Å². The minimum Gasteiger partial charge on any atom is -0.405 e. The van der Waals surface area contributed by atoms with Crippen LogP contribution in [0.25, 0.3) is 0 Å². The van der Waals surface area contributed by atoms with Crippen LogP contribution < -0.4 is 10.1 Å². The first-order chi connectivity index (χ1) is 17.1. The fourth-order valence-corrected chi connectivity index (χ4v) is 5.17. The third kappa shape index (κ3) is 4.58. The summed E-state index contributed by atoms with van der Waals surface area (Å²) in [6.07, 6.45) is -12.2. The Morgan fingerprint density at radius 2 is 1.78 bits per heavy atom. The lowest BCUT2D eigenvalue weighted by molar-refractivity contribution is -0.275. The van der Waals surface area contributed by atoms with Crippen molar-refractivity contribution in [2.75, 3.05) is 26.0 Å². The highest BCUT2D eigenvalue weighted by Crippen LogP contribution is 2.53. The van der Waals surface area contributed by atoms with Crippen LogP contribution in [0.3, 0.4) is 0 Å². The Labute approximate surface area is 210 Å². The van der Waals surface area contributed by atoms with E-state index in [-0.39, 0.29) is 5.56 Å². The first kappa shape index (κ1) is 27.0. The van der Waals surface area contributed by atoms with Crippen molar-refractivity contribution >= 4 is 29.1 Å². The number of likely N-dealkylation sites (tertiary alicyclic amines) is 1. The number of nitrogens with zero attached hydrogens (tertiary/aromatic N) is 2. The fourth-order valence-electron chi connectivity index (χ4n) is 4.90. The van der Waals surface area contributed by atoms with E-state index in [4.69, 9.17) is 11.6 Å². The highest BCUT2D eigenvalue weighted by molar-refractivity contribution is 6.32. The molecular weight excluding hydrogens is 535 g/mol. The van der Waals surface area contributed by atoms with Crippen LogP contribution in [0.5, 0.6) is 5.75 Å². The molecule has 4 rings (SSSR count). The second-order valence-corrected chi connectivity index (χ2v) is 9.22. The minimum atomic E-state index is -5.21. The number of para-hydroxylation sites is 1. The van der Waals surface area contributed by atoms with Gasteiger partial charge in [0.1, 0.15) is 11.9 Å². The standard InChI is InChI=1S/C23H19ClF7N3O3/c1-33(2)19(35)17-7-11(25)10-34(17)21(12-5-3-4-6-18(12)37-23(29,30)31)14-8-15(24)13(22(26,27)28)9-16(14)32-20(21)36/h3-6,8-9,11,17H,7,10H2,1-2H3,(H,32,36)/t11-,17+,21?/m1/s1. The summed E-state index contributed by atoms with van der Waals surface area (Å²) in [7, 11) is 2.74. The normalized spacial score (nSPS) is 24.1. The minimum absolute atomic E-state index is 0.278. The number of halogens is 8. The van der Waals surface area contributed by atoms with Crippen molar-refractivity contribution in [2.24, 2.45) is 0 Å². The zero-order valence-electron chi connectivity index (χ0n) is 19.2. The third-order valence-electron chi connectivity index (χ3n) is 6.29. The number of amides is 2. The number of nitrogens with one attached hydrogen (secondary N) is 1. The second-order valence-electron chi connectivity index (χ2n) is 8.82. The van der Waals surface area contributed by atoms with Crippen molar-refractivity contribution in [3.8, 4) is 5.75 Å². The number of benzene rings is 2. The van der Waals surface area contributed by atoms with Crippen LogP contribution >= 0.6 is 11.6 Å². The molecule has 200 valence electrons. The maximum absolute atomic E-state index is 14.8. The lowest BCUT2D eigenvalue weighted by Gasteiger charge is -2.41. The molecule has 0 spiro atoms. The van der Waals surface area contributed by atoms with E-state index >= 15 is 0 Å². The van der Waals surface area contributed by atoms with Gasteiger partial charge in [0.05, 0.1) is 16.6 Å². The van der Waals surface area contributed by atoms with Gasteiger partial charge in [-0.3, -0.25) is 14.5 Å². The number of ether oxygens (including phenoxy) is 1. The number of anilines is 1. The lowest BCUT2D eigenvalue weighted by Crippen LogP contribution is -2.57. The van der Waals surface area contributed by atoms with E-state index in [1.807, 2.05) is 0 Å². The highest BCUT2D eigenvalue weighted by atomic mass is 35.5. The number of carbonyl (C=O) groups is 2. The molecule has 0 bridgehead atoms. The molecule has 14 heteroatoms. The van der Waals surface area contributed by atoms with Crippen LogP contribution in [0.2, 0.25) is 5.02 Å². The molecule has 1 saturated heterocycles.